The summed E-state index contributed by atoms with van der Waals surface area (Å²) in [6, 6.07) is 12.8. The number of aromatic amines is 1. The fourth-order valence-electron chi connectivity index (χ4n) is 3.38. The van der Waals surface area contributed by atoms with Gasteiger partial charge in [0.25, 0.3) is 11.5 Å². The number of anilines is 1. The maximum Gasteiger partial charge on any atom is 0.267 e. The summed E-state index contributed by atoms with van der Waals surface area (Å²) in [5, 5.41) is 11.4. The number of nitrogens with zero attached hydrogens (tertiary/aromatic N) is 1. The number of rotatable bonds is 4. The summed E-state index contributed by atoms with van der Waals surface area (Å²) in [5.41, 5.74) is 2.35. The van der Waals surface area contributed by atoms with E-state index in [0.29, 0.717) is 29.6 Å². The highest BCUT2D eigenvalue weighted by Crippen LogP contribution is 2.31. The number of hydrogen-bond donors (Lipinski definition) is 2. The maximum absolute atomic E-state index is 13.1. The van der Waals surface area contributed by atoms with Crippen molar-refractivity contribution in [3.63, 3.8) is 0 Å². The van der Waals surface area contributed by atoms with E-state index in [1.165, 1.54) is 4.90 Å². The number of pyridine rings is 1. The number of fused-ring (bicyclic) bond motifs is 1. The highest BCUT2D eigenvalue weighted by Gasteiger charge is 2.25. The quantitative estimate of drug-likeness (QED) is 0.752. The lowest BCUT2D eigenvalue weighted by molar-refractivity contribution is 0.0984. The fraction of sp³-hybridized carbons (Fsp3) is 0.238. The number of aromatic hydroxyl groups is 1. The molecule has 0 spiro atoms. The molecule has 134 valence electrons. The van der Waals surface area contributed by atoms with Crippen LogP contribution in [0.15, 0.2) is 47.3 Å². The molecule has 0 aliphatic rings. The number of nitrogens with one attached hydrogen (secondary N) is 1. The van der Waals surface area contributed by atoms with Gasteiger partial charge in [-0.05, 0) is 49.6 Å². The number of aromatic nitrogens is 1. The van der Waals surface area contributed by atoms with Crippen molar-refractivity contribution in [2.75, 3.05) is 11.4 Å². The number of carbonyl (C=O) groups excluding carboxylic acids is 1. The molecule has 1 aromatic heterocycles. The van der Waals surface area contributed by atoms with Crippen LogP contribution < -0.4 is 10.5 Å². The van der Waals surface area contributed by atoms with Gasteiger partial charge in [-0.2, -0.15) is 0 Å². The third-order valence-electron chi connectivity index (χ3n) is 4.69. The van der Waals surface area contributed by atoms with Gasteiger partial charge in [0.2, 0.25) is 0 Å². The molecule has 3 aromatic rings. The zero-order valence-corrected chi connectivity index (χ0v) is 15.2. The van der Waals surface area contributed by atoms with E-state index in [1.54, 1.807) is 18.2 Å². The van der Waals surface area contributed by atoms with E-state index in [9.17, 15) is 14.7 Å². The lowest BCUT2D eigenvalue weighted by Crippen LogP contribution is -2.34. The molecule has 2 N–H and O–H groups in total. The van der Waals surface area contributed by atoms with Gasteiger partial charge in [0.05, 0.1) is 5.52 Å². The Hall–Kier alpha value is -3.08. The summed E-state index contributed by atoms with van der Waals surface area (Å²) in [5.74, 6) is -0.758. The van der Waals surface area contributed by atoms with Crippen LogP contribution in [0.4, 0.5) is 5.69 Å². The molecule has 1 heterocycles. The van der Waals surface area contributed by atoms with E-state index in [1.807, 2.05) is 45.0 Å². The third kappa shape index (κ3) is 2.86. The van der Waals surface area contributed by atoms with E-state index in [2.05, 4.69) is 4.98 Å². The van der Waals surface area contributed by atoms with Crippen LogP contribution in [0, 0.1) is 6.92 Å². The molecule has 1 amide bonds. The zero-order chi connectivity index (χ0) is 18.8. The van der Waals surface area contributed by atoms with Crippen molar-refractivity contribution in [2.45, 2.75) is 27.2 Å². The van der Waals surface area contributed by atoms with Gasteiger partial charge < -0.3 is 15.0 Å². The molecule has 5 heteroatoms. The van der Waals surface area contributed by atoms with Gasteiger partial charge in [0.1, 0.15) is 11.3 Å². The average molecular weight is 350 g/mol. The van der Waals surface area contributed by atoms with E-state index < -0.39 is 11.5 Å². The van der Waals surface area contributed by atoms with Gasteiger partial charge in [0, 0.05) is 17.6 Å². The Labute approximate surface area is 151 Å². The van der Waals surface area contributed by atoms with Gasteiger partial charge in [-0.1, -0.05) is 31.2 Å². The number of hydrogen-bond acceptors (Lipinski definition) is 3. The minimum Gasteiger partial charge on any atom is -0.506 e. The smallest absolute Gasteiger partial charge is 0.267 e. The van der Waals surface area contributed by atoms with Crippen LogP contribution in [0.1, 0.15) is 35.3 Å². The van der Waals surface area contributed by atoms with Crippen LogP contribution in [0.3, 0.4) is 0 Å². The van der Waals surface area contributed by atoms with E-state index >= 15 is 0 Å². The average Bonchev–Trinajstić information content (AvgIpc) is 2.63. The Morgan fingerprint density at radius 1 is 1.12 bits per heavy atom. The zero-order valence-electron chi connectivity index (χ0n) is 15.2. The molecule has 0 bridgehead atoms. The number of benzene rings is 2. The second kappa shape index (κ2) is 7.04. The van der Waals surface area contributed by atoms with Gasteiger partial charge >= 0.3 is 0 Å². The van der Waals surface area contributed by atoms with E-state index in [-0.39, 0.29) is 11.3 Å². The van der Waals surface area contributed by atoms with Crippen molar-refractivity contribution >= 4 is 22.5 Å². The molecule has 0 aliphatic carbocycles. The van der Waals surface area contributed by atoms with Crippen molar-refractivity contribution in [1.82, 2.24) is 4.98 Å². The highest BCUT2D eigenvalue weighted by atomic mass is 16.3. The van der Waals surface area contributed by atoms with Crippen molar-refractivity contribution in [3.8, 4) is 5.75 Å². The summed E-state index contributed by atoms with van der Waals surface area (Å²) in [4.78, 5) is 29.9. The minimum absolute atomic E-state index is 0.219. The molecular formula is C21H22N2O3. The van der Waals surface area contributed by atoms with E-state index in [0.717, 1.165) is 11.1 Å². The lowest BCUT2D eigenvalue weighted by Gasteiger charge is -2.22. The summed E-state index contributed by atoms with van der Waals surface area (Å²) < 4.78 is 0. The maximum atomic E-state index is 13.1. The number of aryl methyl sites for hydroxylation is 2. The standard InChI is InChI=1S/C21H22N2O3/c1-4-15-13(3)11-12-16-17(15)19(24)18(20(25)22-16)21(26)23(5-2)14-9-7-6-8-10-14/h6-12H,4-5H2,1-3H3,(H2,22,24,25). The minimum atomic E-state index is -0.583. The molecule has 0 radical (unpaired) electrons. The molecule has 3 rings (SSSR count). The second-order valence-corrected chi connectivity index (χ2v) is 6.20. The summed E-state index contributed by atoms with van der Waals surface area (Å²) in [6.07, 6.45) is 0.687. The summed E-state index contributed by atoms with van der Waals surface area (Å²) >= 11 is 0. The molecule has 26 heavy (non-hydrogen) atoms. The first-order valence-electron chi connectivity index (χ1n) is 8.73. The molecule has 0 unspecified atom stereocenters. The van der Waals surface area contributed by atoms with Crippen LogP contribution >= 0.6 is 0 Å². The van der Waals surface area contributed by atoms with E-state index in [4.69, 9.17) is 0 Å². The lowest BCUT2D eigenvalue weighted by atomic mass is 9.98. The van der Waals surface area contributed by atoms with Crippen molar-refractivity contribution < 1.29 is 9.90 Å². The summed E-state index contributed by atoms with van der Waals surface area (Å²) in [6.45, 7) is 6.15. The SMILES string of the molecule is CCc1c(C)ccc2[nH]c(=O)c(C(=O)N(CC)c3ccccc3)c(O)c12. The largest absolute Gasteiger partial charge is 0.506 e. The second-order valence-electron chi connectivity index (χ2n) is 6.20. The number of carbonyl (C=O) groups is 1. The first-order chi connectivity index (χ1) is 12.5. The fourth-order valence-corrected chi connectivity index (χ4v) is 3.38. The molecule has 0 fully saturated rings. The summed E-state index contributed by atoms with van der Waals surface area (Å²) in [7, 11) is 0. The molecule has 0 saturated carbocycles. The Morgan fingerprint density at radius 2 is 1.81 bits per heavy atom. The predicted molar refractivity (Wildman–Crippen MR) is 104 cm³/mol. The van der Waals surface area contributed by atoms with Crippen LogP contribution in [0.5, 0.6) is 5.75 Å². The molecular weight excluding hydrogens is 328 g/mol. The van der Waals surface area contributed by atoms with Gasteiger partial charge in [-0.25, -0.2) is 0 Å². The van der Waals surface area contributed by atoms with Crippen molar-refractivity contribution in [3.05, 3.63) is 69.5 Å². The molecule has 0 aliphatic heterocycles. The molecule has 5 nitrogen and oxygen atoms in total. The molecule has 0 saturated heterocycles. The number of para-hydroxylation sites is 1. The molecule has 2 aromatic carbocycles. The Bertz CT molecular complexity index is 1020. The topological polar surface area (TPSA) is 73.4 Å². The Balaban J connectivity index is 2.24. The predicted octanol–water partition coefficient (Wildman–Crippen LogP) is 3.77. The third-order valence-corrected chi connectivity index (χ3v) is 4.69. The van der Waals surface area contributed by atoms with Crippen LogP contribution in [0.2, 0.25) is 0 Å². The number of amides is 1. The van der Waals surface area contributed by atoms with Gasteiger partial charge in [-0.15, -0.1) is 0 Å². The normalized spacial score (nSPS) is 10.9. The van der Waals surface area contributed by atoms with Crippen molar-refractivity contribution in [2.24, 2.45) is 0 Å². The Kier molecular flexibility index (Phi) is 4.80. The Morgan fingerprint density at radius 3 is 2.42 bits per heavy atom. The first kappa shape index (κ1) is 17.7. The van der Waals surface area contributed by atoms with Crippen LogP contribution in [-0.2, 0) is 6.42 Å². The first-order valence-corrected chi connectivity index (χ1v) is 8.73. The molecule has 0 atom stereocenters. The van der Waals surface area contributed by atoms with Crippen molar-refractivity contribution in [1.29, 1.82) is 0 Å². The number of H-pyrrole nitrogens is 1. The van der Waals surface area contributed by atoms with Gasteiger partial charge in [0.15, 0.2) is 0 Å². The monoisotopic (exact) mass is 350 g/mol. The van der Waals surface area contributed by atoms with Crippen LogP contribution in [0.25, 0.3) is 10.9 Å². The van der Waals surface area contributed by atoms with Gasteiger partial charge in [-0.3, -0.25) is 9.59 Å². The van der Waals surface area contributed by atoms with Crippen LogP contribution in [-0.4, -0.2) is 22.5 Å². The highest BCUT2D eigenvalue weighted by molar-refractivity contribution is 6.10.